The number of rotatable bonds is 9. The molecule has 0 bridgehead atoms. The Bertz CT molecular complexity index is 852. The van der Waals surface area contributed by atoms with Gasteiger partial charge < -0.3 is 25.2 Å². The highest BCUT2D eigenvalue weighted by atomic mass is 35.5. The Kier molecular flexibility index (Phi) is 9.00. The Morgan fingerprint density at radius 1 is 1.26 bits per heavy atom. The molecule has 168 valence electrons. The first kappa shape index (κ1) is 23.4. The lowest BCUT2D eigenvalue weighted by atomic mass is 10.1. The average molecular weight is 446 g/mol. The monoisotopic (exact) mass is 445 g/mol. The number of nitrogens with zero attached hydrogens (tertiary/aromatic N) is 1. The first-order chi connectivity index (χ1) is 15.0. The van der Waals surface area contributed by atoms with Crippen LogP contribution in [0.15, 0.2) is 47.5 Å². The Labute approximate surface area is 189 Å². The maximum absolute atomic E-state index is 10.4. The van der Waals surface area contributed by atoms with Crippen molar-refractivity contribution in [1.29, 1.82) is 0 Å². The number of aliphatic hydroxyl groups is 1. The van der Waals surface area contributed by atoms with Crippen LogP contribution < -0.4 is 15.4 Å². The van der Waals surface area contributed by atoms with E-state index in [0.29, 0.717) is 36.6 Å². The maximum Gasteiger partial charge on any atom is 0.191 e. The number of benzene rings is 2. The zero-order chi connectivity index (χ0) is 22.1. The first-order valence-electron chi connectivity index (χ1n) is 10.8. The van der Waals surface area contributed by atoms with Crippen LogP contribution in [0.25, 0.3) is 0 Å². The van der Waals surface area contributed by atoms with Gasteiger partial charge in [-0.15, -0.1) is 0 Å². The smallest absolute Gasteiger partial charge is 0.191 e. The molecule has 1 aliphatic rings. The summed E-state index contributed by atoms with van der Waals surface area (Å²) in [6.45, 7) is 7.85. The molecule has 2 aromatic carbocycles. The predicted octanol–water partition coefficient (Wildman–Crippen LogP) is 3.85. The van der Waals surface area contributed by atoms with E-state index in [2.05, 4.69) is 35.8 Å². The topological polar surface area (TPSA) is 75.1 Å². The fraction of sp³-hybridized carbons (Fsp3) is 0.458. The molecule has 0 saturated carbocycles. The second-order valence-electron chi connectivity index (χ2n) is 7.80. The van der Waals surface area contributed by atoms with Crippen molar-refractivity contribution < 1.29 is 14.6 Å². The fourth-order valence-corrected chi connectivity index (χ4v) is 3.48. The van der Waals surface area contributed by atoms with Crippen LogP contribution in [0.1, 0.15) is 36.1 Å². The summed E-state index contributed by atoms with van der Waals surface area (Å²) in [6, 6.07) is 13.4. The number of aryl methyl sites for hydroxylation is 1. The van der Waals surface area contributed by atoms with Crippen molar-refractivity contribution in [1.82, 2.24) is 10.6 Å². The van der Waals surface area contributed by atoms with Gasteiger partial charge in [0.2, 0.25) is 0 Å². The SMILES string of the molecule is CCNC(=NCc1ccc(C)cc1OCC1CCOC1)NCC(O)c1ccc(Cl)cc1. The van der Waals surface area contributed by atoms with E-state index in [1.165, 1.54) is 0 Å². The van der Waals surface area contributed by atoms with Gasteiger partial charge >= 0.3 is 0 Å². The third kappa shape index (κ3) is 7.42. The molecule has 0 spiro atoms. The van der Waals surface area contributed by atoms with Gasteiger partial charge in [0.15, 0.2) is 5.96 Å². The van der Waals surface area contributed by atoms with Crippen LogP contribution in [0.5, 0.6) is 5.75 Å². The zero-order valence-corrected chi connectivity index (χ0v) is 19.0. The van der Waals surface area contributed by atoms with Crippen molar-refractivity contribution in [3.8, 4) is 5.75 Å². The van der Waals surface area contributed by atoms with Crippen LogP contribution in [-0.4, -0.2) is 44.0 Å². The highest BCUT2D eigenvalue weighted by molar-refractivity contribution is 6.30. The van der Waals surface area contributed by atoms with Crippen LogP contribution in [-0.2, 0) is 11.3 Å². The normalized spacial score (nSPS) is 17.4. The number of aliphatic hydroxyl groups excluding tert-OH is 1. The molecule has 7 heteroatoms. The molecule has 2 atom stereocenters. The van der Waals surface area contributed by atoms with E-state index >= 15 is 0 Å². The van der Waals surface area contributed by atoms with Crippen molar-refractivity contribution in [3.05, 3.63) is 64.2 Å². The number of halogens is 1. The molecule has 3 rings (SSSR count). The number of guanidine groups is 1. The average Bonchev–Trinajstić information content (AvgIpc) is 3.29. The van der Waals surface area contributed by atoms with Gasteiger partial charge in [0.1, 0.15) is 5.75 Å². The van der Waals surface area contributed by atoms with Crippen LogP contribution in [0, 0.1) is 12.8 Å². The minimum atomic E-state index is -0.659. The van der Waals surface area contributed by atoms with E-state index in [0.717, 1.165) is 48.6 Å². The Morgan fingerprint density at radius 3 is 2.77 bits per heavy atom. The molecule has 1 fully saturated rings. The maximum atomic E-state index is 10.4. The summed E-state index contributed by atoms with van der Waals surface area (Å²) in [5.41, 5.74) is 2.99. The van der Waals surface area contributed by atoms with Gasteiger partial charge in [0, 0.05) is 36.2 Å². The molecule has 0 aliphatic carbocycles. The van der Waals surface area contributed by atoms with Gasteiger partial charge in [-0.3, -0.25) is 0 Å². The first-order valence-corrected chi connectivity index (χ1v) is 11.2. The summed E-state index contributed by atoms with van der Waals surface area (Å²) in [5, 5.41) is 17.5. The second-order valence-corrected chi connectivity index (χ2v) is 8.23. The lowest BCUT2D eigenvalue weighted by Crippen LogP contribution is -2.39. The summed E-state index contributed by atoms with van der Waals surface area (Å²) in [5.74, 6) is 1.96. The molecule has 2 aromatic rings. The van der Waals surface area contributed by atoms with E-state index < -0.39 is 6.10 Å². The quantitative estimate of drug-likeness (QED) is 0.403. The van der Waals surface area contributed by atoms with Gasteiger partial charge in [-0.1, -0.05) is 35.9 Å². The molecule has 1 heterocycles. The number of hydrogen-bond acceptors (Lipinski definition) is 4. The molecule has 0 amide bonds. The van der Waals surface area contributed by atoms with Crippen molar-refractivity contribution in [2.24, 2.45) is 10.9 Å². The summed E-state index contributed by atoms with van der Waals surface area (Å²) in [4.78, 5) is 4.69. The molecule has 0 radical (unpaired) electrons. The summed E-state index contributed by atoms with van der Waals surface area (Å²) < 4.78 is 11.6. The molecular weight excluding hydrogens is 414 g/mol. The minimum absolute atomic E-state index is 0.340. The number of hydrogen-bond donors (Lipinski definition) is 3. The standard InChI is InChI=1S/C24H32ClN3O3/c1-3-26-24(28-14-22(29)19-6-8-21(25)9-7-19)27-13-20-5-4-17(2)12-23(20)31-16-18-10-11-30-15-18/h4-9,12,18,22,29H,3,10-11,13-16H2,1-2H3,(H2,26,27,28). The van der Waals surface area contributed by atoms with E-state index in [4.69, 9.17) is 26.1 Å². The van der Waals surface area contributed by atoms with E-state index in [-0.39, 0.29) is 0 Å². The van der Waals surface area contributed by atoms with E-state index in [9.17, 15) is 5.11 Å². The van der Waals surface area contributed by atoms with Gasteiger partial charge in [-0.2, -0.15) is 0 Å². The van der Waals surface area contributed by atoms with Crippen molar-refractivity contribution in [3.63, 3.8) is 0 Å². The Hall–Kier alpha value is -2.28. The molecule has 0 aromatic heterocycles. The molecule has 1 aliphatic heterocycles. The van der Waals surface area contributed by atoms with Crippen LogP contribution >= 0.6 is 11.6 Å². The van der Waals surface area contributed by atoms with E-state index in [1.807, 2.05) is 19.1 Å². The number of aliphatic imine (C=N–C) groups is 1. The van der Waals surface area contributed by atoms with Crippen LogP contribution in [0.4, 0.5) is 0 Å². The van der Waals surface area contributed by atoms with Gasteiger partial charge in [-0.05, 0) is 49.6 Å². The van der Waals surface area contributed by atoms with Crippen molar-refractivity contribution >= 4 is 17.6 Å². The van der Waals surface area contributed by atoms with Gasteiger partial charge in [0.05, 0.1) is 25.9 Å². The minimum Gasteiger partial charge on any atom is -0.493 e. The highest BCUT2D eigenvalue weighted by Crippen LogP contribution is 2.23. The summed E-state index contributed by atoms with van der Waals surface area (Å²) in [7, 11) is 0. The molecule has 1 saturated heterocycles. The molecule has 31 heavy (non-hydrogen) atoms. The molecule has 2 unspecified atom stereocenters. The van der Waals surface area contributed by atoms with Crippen molar-refractivity contribution in [2.45, 2.75) is 32.9 Å². The third-order valence-electron chi connectivity index (χ3n) is 5.19. The van der Waals surface area contributed by atoms with Crippen molar-refractivity contribution in [2.75, 3.05) is 32.9 Å². The lowest BCUT2D eigenvalue weighted by Gasteiger charge is -2.17. The lowest BCUT2D eigenvalue weighted by molar-refractivity contribution is 0.166. The molecule has 3 N–H and O–H groups in total. The Morgan fingerprint density at radius 2 is 2.06 bits per heavy atom. The number of nitrogens with one attached hydrogen (secondary N) is 2. The predicted molar refractivity (Wildman–Crippen MR) is 125 cm³/mol. The van der Waals surface area contributed by atoms with Gasteiger partial charge in [-0.25, -0.2) is 4.99 Å². The fourth-order valence-electron chi connectivity index (χ4n) is 3.35. The molecular formula is C24H32ClN3O3. The zero-order valence-electron chi connectivity index (χ0n) is 18.2. The largest absolute Gasteiger partial charge is 0.493 e. The molecule has 6 nitrogen and oxygen atoms in total. The van der Waals surface area contributed by atoms with Gasteiger partial charge in [0.25, 0.3) is 0 Å². The highest BCUT2D eigenvalue weighted by Gasteiger charge is 2.17. The third-order valence-corrected chi connectivity index (χ3v) is 5.44. The summed E-state index contributed by atoms with van der Waals surface area (Å²) >= 11 is 5.92. The summed E-state index contributed by atoms with van der Waals surface area (Å²) in [6.07, 6.45) is 0.386. The second kappa shape index (κ2) is 11.9. The van der Waals surface area contributed by atoms with E-state index in [1.54, 1.807) is 12.1 Å². The van der Waals surface area contributed by atoms with Crippen LogP contribution in [0.3, 0.4) is 0 Å². The Balaban J connectivity index is 1.61. The van der Waals surface area contributed by atoms with Crippen LogP contribution in [0.2, 0.25) is 5.02 Å². The number of ether oxygens (including phenoxy) is 2.